The Morgan fingerprint density at radius 2 is 2.00 bits per heavy atom. The van der Waals surface area contributed by atoms with Crippen LogP contribution in [0.25, 0.3) is 0 Å². The highest BCUT2D eigenvalue weighted by Gasteiger charge is 1.90. The Kier molecular flexibility index (Phi) is 10.9. The summed E-state index contributed by atoms with van der Waals surface area (Å²) in [6.07, 6.45) is 1.17. The van der Waals surface area contributed by atoms with Gasteiger partial charge in [-0.25, -0.2) is 5.48 Å². The van der Waals surface area contributed by atoms with Crippen molar-refractivity contribution in [2.45, 2.75) is 20.3 Å². The first kappa shape index (κ1) is 11.9. The Morgan fingerprint density at radius 1 is 1.44 bits per heavy atom. The van der Waals surface area contributed by atoms with Gasteiger partial charge in [0.15, 0.2) is 0 Å². The molecule has 0 saturated carbocycles. The summed E-state index contributed by atoms with van der Waals surface area (Å²) in [6, 6.07) is 0. The van der Waals surface area contributed by atoms with Gasteiger partial charge in [-0.15, -0.1) is 12.4 Å². The summed E-state index contributed by atoms with van der Waals surface area (Å²) >= 11 is 0. The summed E-state index contributed by atoms with van der Waals surface area (Å²) < 4.78 is 0. The lowest BCUT2D eigenvalue weighted by Crippen LogP contribution is -2.14. The van der Waals surface area contributed by atoms with Crippen molar-refractivity contribution in [2.75, 3.05) is 13.7 Å². The fourth-order valence-corrected chi connectivity index (χ4v) is 0.450. The molecule has 0 heterocycles. The van der Waals surface area contributed by atoms with E-state index in [-0.39, 0.29) is 12.4 Å². The van der Waals surface area contributed by atoms with E-state index in [1.807, 2.05) is 0 Å². The fourth-order valence-electron chi connectivity index (χ4n) is 0.450. The first-order valence-electron chi connectivity index (χ1n) is 3.03. The fraction of sp³-hybridized carbons (Fsp3) is 1.00. The molecule has 0 fully saturated rings. The van der Waals surface area contributed by atoms with Gasteiger partial charge in [0.05, 0.1) is 7.11 Å². The maximum atomic E-state index is 4.64. The number of rotatable bonds is 4. The van der Waals surface area contributed by atoms with Crippen LogP contribution in [0.3, 0.4) is 0 Å². The molecule has 58 valence electrons. The molecule has 0 aromatic rings. The SMILES string of the molecule is CONCCC(C)C.Cl. The van der Waals surface area contributed by atoms with Crippen LogP contribution in [0, 0.1) is 5.92 Å². The Labute approximate surface area is 63.3 Å². The molecule has 0 aromatic carbocycles. The van der Waals surface area contributed by atoms with Crippen molar-refractivity contribution in [3.05, 3.63) is 0 Å². The van der Waals surface area contributed by atoms with Gasteiger partial charge < -0.3 is 4.84 Å². The monoisotopic (exact) mass is 153 g/mol. The van der Waals surface area contributed by atoms with Gasteiger partial charge in [-0.05, 0) is 12.3 Å². The van der Waals surface area contributed by atoms with Crippen LogP contribution in [0.2, 0.25) is 0 Å². The van der Waals surface area contributed by atoms with E-state index in [0.29, 0.717) is 0 Å². The molecule has 3 heteroatoms. The second-order valence-electron chi connectivity index (χ2n) is 2.28. The lowest BCUT2D eigenvalue weighted by molar-refractivity contribution is 0.0884. The molecular formula is C6H16ClNO. The molecule has 0 bridgehead atoms. The molecule has 2 nitrogen and oxygen atoms in total. The Hall–Kier alpha value is 0.210. The van der Waals surface area contributed by atoms with Crippen molar-refractivity contribution < 1.29 is 4.84 Å². The lowest BCUT2D eigenvalue weighted by Gasteiger charge is -2.02. The maximum absolute atomic E-state index is 4.64. The molecule has 0 spiro atoms. The lowest BCUT2D eigenvalue weighted by atomic mass is 10.1. The van der Waals surface area contributed by atoms with Gasteiger partial charge in [-0.3, -0.25) is 0 Å². The van der Waals surface area contributed by atoms with Crippen LogP contribution in [-0.4, -0.2) is 13.7 Å². The van der Waals surface area contributed by atoms with Gasteiger partial charge >= 0.3 is 0 Å². The molecule has 0 atom stereocenters. The Bertz CT molecular complexity index is 50.3. The molecule has 0 radical (unpaired) electrons. The zero-order valence-electron chi connectivity index (χ0n) is 6.31. The highest BCUT2D eigenvalue weighted by atomic mass is 35.5. The van der Waals surface area contributed by atoms with E-state index in [4.69, 9.17) is 0 Å². The molecule has 0 unspecified atom stereocenters. The van der Waals surface area contributed by atoms with Gasteiger partial charge in [0.2, 0.25) is 0 Å². The number of hydrogen-bond donors (Lipinski definition) is 1. The molecule has 0 rings (SSSR count). The minimum absolute atomic E-state index is 0. The minimum Gasteiger partial charge on any atom is -0.305 e. The van der Waals surface area contributed by atoms with E-state index in [1.54, 1.807) is 7.11 Å². The second kappa shape index (κ2) is 8.21. The zero-order chi connectivity index (χ0) is 6.41. The quantitative estimate of drug-likeness (QED) is 0.490. The van der Waals surface area contributed by atoms with Crippen LogP contribution in [-0.2, 0) is 4.84 Å². The van der Waals surface area contributed by atoms with Crippen LogP contribution in [0.15, 0.2) is 0 Å². The van der Waals surface area contributed by atoms with E-state index >= 15 is 0 Å². The van der Waals surface area contributed by atoms with Gasteiger partial charge in [0.1, 0.15) is 0 Å². The summed E-state index contributed by atoms with van der Waals surface area (Å²) in [4.78, 5) is 4.64. The number of hydroxylamine groups is 1. The summed E-state index contributed by atoms with van der Waals surface area (Å²) in [7, 11) is 1.64. The Balaban J connectivity index is 0. The molecule has 0 amide bonds. The predicted octanol–water partition coefficient (Wildman–Crippen LogP) is 1.61. The smallest absolute Gasteiger partial charge is 0.0572 e. The van der Waals surface area contributed by atoms with Gasteiger partial charge in [-0.2, -0.15) is 0 Å². The number of nitrogens with one attached hydrogen (secondary N) is 1. The first-order valence-corrected chi connectivity index (χ1v) is 3.03. The van der Waals surface area contributed by atoms with Gasteiger partial charge in [0, 0.05) is 6.54 Å². The summed E-state index contributed by atoms with van der Waals surface area (Å²) in [5.74, 6) is 0.762. The molecule has 1 N–H and O–H groups in total. The van der Waals surface area contributed by atoms with Crippen molar-refractivity contribution in [1.82, 2.24) is 5.48 Å². The Morgan fingerprint density at radius 3 is 2.33 bits per heavy atom. The summed E-state index contributed by atoms with van der Waals surface area (Å²) in [6.45, 7) is 5.34. The number of halogens is 1. The average molecular weight is 154 g/mol. The van der Waals surface area contributed by atoms with E-state index in [0.717, 1.165) is 12.5 Å². The third-order valence-corrected chi connectivity index (χ3v) is 0.968. The summed E-state index contributed by atoms with van der Waals surface area (Å²) in [5.41, 5.74) is 2.78. The van der Waals surface area contributed by atoms with E-state index in [2.05, 4.69) is 24.2 Å². The molecular weight excluding hydrogens is 138 g/mol. The van der Waals surface area contributed by atoms with E-state index in [1.165, 1.54) is 6.42 Å². The maximum Gasteiger partial charge on any atom is 0.0572 e. The molecule has 0 saturated heterocycles. The van der Waals surface area contributed by atoms with Gasteiger partial charge in [0.25, 0.3) is 0 Å². The number of hydrogen-bond acceptors (Lipinski definition) is 2. The molecule has 0 aliphatic carbocycles. The van der Waals surface area contributed by atoms with Crippen LogP contribution < -0.4 is 5.48 Å². The van der Waals surface area contributed by atoms with Crippen molar-refractivity contribution in [3.63, 3.8) is 0 Å². The second-order valence-corrected chi connectivity index (χ2v) is 2.28. The molecule has 0 aliphatic rings. The summed E-state index contributed by atoms with van der Waals surface area (Å²) in [5, 5.41) is 0. The third kappa shape index (κ3) is 11.7. The van der Waals surface area contributed by atoms with Crippen molar-refractivity contribution >= 4 is 12.4 Å². The predicted molar refractivity (Wildman–Crippen MR) is 41.7 cm³/mol. The molecule has 9 heavy (non-hydrogen) atoms. The third-order valence-electron chi connectivity index (χ3n) is 0.968. The standard InChI is InChI=1S/C6H15NO.ClH/c1-6(2)4-5-7-8-3;/h6-7H,4-5H2,1-3H3;1H. The normalized spacial score (nSPS) is 9.33. The highest BCUT2D eigenvalue weighted by Crippen LogP contribution is 1.95. The van der Waals surface area contributed by atoms with Crippen molar-refractivity contribution in [2.24, 2.45) is 5.92 Å². The van der Waals surface area contributed by atoms with Crippen LogP contribution >= 0.6 is 12.4 Å². The zero-order valence-corrected chi connectivity index (χ0v) is 7.12. The molecule has 0 aromatic heterocycles. The van der Waals surface area contributed by atoms with Crippen molar-refractivity contribution in [1.29, 1.82) is 0 Å². The van der Waals surface area contributed by atoms with Crippen LogP contribution in [0.5, 0.6) is 0 Å². The minimum atomic E-state index is 0. The molecule has 0 aliphatic heterocycles. The topological polar surface area (TPSA) is 21.3 Å². The largest absolute Gasteiger partial charge is 0.305 e. The average Bonchev–Trinajstić information content (AvgIpc) is 1.66. The van der Waals surface area contributed by atoms with Crippen molar-refractivity contribution in [3.8, 4) is 0 Å². The van der Waals surface area contributed by atoms with E-state index in [9.17, 15) is 0 Å². The van der Waals surface area contributed by atoms with Crippen LogP contribution in [0.1, 0.15) is 20.3 Å². The van der Waals surface area contributed by atoms with Gasteiger partial charge in [-0.1, -0.05) is 13.8 Å². The highest BCUT2D eigenvalue weighted by molar-refractivity contribution is 5.85. The first-order chi connectivity index (χ1) is 3.77. The van der Waals surface area contributed by atoms with E-state index < -0.39 is 0 Å². The van der Waals surface area contributed by atoms with Crippen LogP contribution in [0.4, 0.5) is 0 Å².